The summed E-state index contributed by atoms with van der Waals surface area (Å²) in [6, 6.07) is 6.19. The summed E-state index contributed by atoms with van der Waals surface area (Å²) in [5, 5.41) is 12.5. The Labute approximate surface area is 181 Å². The van der Waals surface area contributed by atoms with Crippen LogP contribution in [0.3, 0.4) is 0 Å². The molecule has 0 radical (unpaired) electrons. The molecule has 164 valence electrons. The molecule has 1 amide bonds. The first-order valence-electron chi connectivity index (χ1n) is 9.14. The molecule has 3 aromatic rings. The molecule has 0 aliphatic rings. The van der Waals surface area contributed by atoms with Crippen LogP contribution in [0.2, 0.25) is 0 Å². The minimum atomic E-state index is -4.64. The molecule has 0 spiro atoms. The molecular formula is C20H21F3N6OS. The summed E-state index contributed by atoms with van der Waals surface area (Å²) in [7, 11) is 3.20. The lowest BCUT2D eigenvalue weighted by Gasteiger charge is -2.18. The lowest BCUT2D eigenvalue weighted by molar-refractivity contribution is -0.137. The Hall–Kier alpha value is -3.21. The molecule has 0 aliphatic heterocycles. The highest BCUT2D eigenvalue weighted by Crippen LogP contribution is 2.38. The zero-order chi connectivity index (χ0) is 22.8. The second-order valence-corrected chi connectivity index (χ2v) is 7.54. The van der Waals surface area contributed by atoms with E-state index in [9.17, 15) is 18.0 Å². The maximum absolute atomic E-state index is 13.7. The lowest BCUT2D eigenvalue weighted by Crippen LogP contribution is -2.19. The van der Waals surface area contributed by atoms with Gasteiger partial charge in [0.2, 0.25) is 0 Å². The number of hydrogen-bond donors (Lipinski definition) is 3. The molecule has 3 rings (SSSR count). The molecule has 31 heavy (non-hydrogen) atoms. The van der Waals surface area contributed by atoms with Crippen molar-refractivity contribution in [1.82, 2.24) is 20.1 Å². The normalized spacial score (nSPS) is 11.3. The largest absolute Gasteiger partial charge is 0.419 e. The van der Waals surface area contributed by atoms with Crippen LogP contribution in [-0.2, 0) is 13.2 Å². The fourth-order valence-corrected chi connectivity index (χ4v) is 3.38. The number of aryl methyl sites for hydroxylation is 2. The van der Waals surface area contributed by atoms with E-state index in [1.165, 1.54) is 24.9 Å². The van der Waals surface area contributed by atoms with Crippen LogP contribution in [-0.4, -0.2) is 34.0 Å². The number of thioether (sulfide) groups is 1. The van der Waals surface area contributed by atoms with E-state index >= 15 is 0 Å². The third-order valence-electron chi connectivity index (χ3n) is 4.45. The van der Waals surface area contributed by atoms with Crippen LogP contribution >= 0.6 is 11.8 Å². The second-order valence-electron chi connectivity index (χ2n) is 6.66. The topological polar surface area (TPSA) is 83.9 Å². The van der Waals surface area contributed by atoms with Gasteiger partial charge in [0.05, 0.1) is 33.9 Å². The average Bonchev–Trinajstić information content (AvgIpc) is 3.03. The van der Waals surface area contributed by atoms with Gasteiger partial charge in [-0.1, -0.05) is 0 Å². The van der Waals surface area contributed by atoms with E-state index in [1.54, 1.807) is 43.0 Å². The van der Waals surface area contributed by atoms with Crippen molar-refractivity contribution in [3.8, 4) is 0 Å². The number of amides is 1. The number of rotatable bonds is 6. The summed E-state index contributed by atoms with van der Waals surface area (Å²) in [5.74, 6) is -0.212. The van der Waals surface area contributed by atoms with Gasteiger partial charge in [0.1, 0.15) is 5.82 Å². The maximum Gasteiger partial charge on any atom is 0.419 e. The molecule has 0 saturated carbocycles. The molecule has 2 heterocycles. The molecule has 11 heteroatoms. The summed E-state index contributed by atoms with van der Waals surface area (Å²) in [5.41, 5.74) is 0.604. The first-order chi connectivity index (χ1) is 14.6. The number of hydrogen-bond acceptors (Lipinski definition) is 6. The van der Waals surface area contributed by atoms with Gasteiger partial charge in [0.15, 0.2) is 0 Å². The molecule has 0 fully saturated rings. The highest BCUT2D eigenvalue weighted by Gasteiger charge is 2.34. The molecule has 2 aromatic heterocycles. The average molecular weight is 450 g/mol. The molecule has 0 aliphatic carbocycles. The van der Waals surface area contributed by atoms with Crippen LogP contribution in [0.15, 0.2) is 41.6 Å². The van der Waals surface area contributed by atoms with Gasteiger partial charge in [-0.05, 0) is 31.4 Å². The van der Waals surface area contributed by atoms with Crippen molar-refractivity contribution in [3.63, 3.8) is 0 Å². The van der Waals surface area contributed by atoms with E-state index < -0.39 is 17.6 Å². The van der Waals surface area contributed by atoms with Crippen molar-refractivity contribution in [1.29, 1.82) is 0 Å². The van der Waals surface area contributed by atoms with Crippen molar-refractivity contribution >= 4 is 40.5 Å². The summed E-state index contributed by atoms with van der Waals surface area (Å²) in [4.78, 5) is 16.9. The number of benzene rings is 1. The van der Waals surface area contributed by atoms with Gasteiger partial charge in [-0.3, -0.25) is 9.48 Å². The van der Waals surface area contributed by atoms with Crippen LogP contribution in [0.4, 0.5) is 36.1 Å². The van der Waals surface area contributed by atoms with Gasteiger partial charge >= 0.3 is 6.18 Å². The monoisotopic (exact) mass is 450 g/mol. The first-order valence-corrected chi connectivity index (χ1v) is 10.4. The molecule has 0 unspecified atom stereocenters. The number of aromatic nitrogens is 3. The van der Waals surface area contributed by atoms with Crippen LogP contribution in [0, 0.1) is 6.92 Å². The number of halogens is 3. The van der Waals surface area contributed by atoms with Crippen LogP contribution < -0.4 is 16.0 Å². The predicted octanol–water partition coefficient (Wildman–Crippen LogP) is 4.71. The van der Waals surface area contributed by atoms with E-state index in [0.29, 0.717) is 11.4 Å². The summed E-state index contributed by atoms with van der Waals surface area (Å²) in [6.45, 7) is 1.77. The zero-order valence-corrected chi connectivity index (χ0v) is 18.1. The van der Waals surface area contributed by atoms with Gasteiger partial charge in [-0.2, -0.15) is 18.3 Å². The zero-order valence-electron chi connectivity index (χ0n) is 17.3. The standard InChI is InChI=1S/C20H21F3N6OS/c1-11-17(10-29(3)28-11)27-18-8-16(14(9-25-18)20(21,22)23)26-15-7-12(31-4)5-6-13(15)19(30)24-2/h5-10H,1-4H3,(H,24,30)(H2,25,26,27). The Morgan fingerprint density at radius 3 is 2.45 bits per heavy atom. The van der Waals surface area contributed by atoms with Gasteiger partial charge in [0, 0.05) is 37.5 Å². The Balaban J connectivity index is 2.06. The van der Waals surface area contributed by atoms with Gasteiger partial charge < -0.3 is 16.0 Å². The number of carbonyl (C=O) groups is 1. The van der Waals surface area contributed by atoms with Gasteiger partial charge in [-0.15, -0.1) is 11.8 Å². The molecule has 1 aromatic carbocycles. The van der Waals surface area contributed by atoms with Crippen molar-refractivity contribution in [2.45, 2.75) is 18.0 Å². The summed E-state index contributed by atoms with van der Waals surface area (Å²) < 4.78 is 42.5. The van der Waals surface area contributed by atoms with E-state index in [4.69, 9.17) is 0 Å². The molecule has 0 saturated heterocycles. The molecule has 3 N–H and O–H groups in total. The Bertz CT molecular complexity index is 1110. The number of nitrogens with one attached hydrogen (secondary N) is 3. The van der Waals surface area contributed by atoms with Crippen LogP contribution in [0.25, 0.3) is 0 Å². The fourth-order valence-electron chi connectivity index (χ4n) is 2.94. The number of nitrogens with zero attached hydrogens (tertiary/aromatic N) is 3. The highest BCUT2D eigenvalue weighted by molar-refractivity contribution is 7.98. The quantitative estimate of drug-likeness (QED) is 0.472. The third kappa shape index (κ3) is 5.10. The van der Waals surface area contributed by atoms with E-state index in [2.05, 4.69) is 26.0 Å². The van der Waals surface area contributed by atoms with Crippen molar-refractivity contribution in [2.75, 3.05) is 23.9 Å². The number of anilines is 4. The van der Waals surface area contributed by atoms with Crippen LogP contribution in [0.5, 0.6) is 0 Å². The van der Waals surface area contributed by atoms with E-state index in [1.807, 2.05) is 6.26 Å². The van der Waals surface area contributed by atoms with Gasteiger partial charge in [0.25, 0.3) is 5.91 Å². The smallest absolute Gasteiger partial charge is 0.355 e. The third-order valence-corrected chi connectivity index (χ3v) is 5.18. The second kappa shape index (κ2) is 8.88. The Kier molecular flexibility index (Phi) is 6.44. The van der Waals surface area contributed by atoms with E-state index in [-0.39, 0.29) is 22.8 Å². The molecule has 0 atom stereocenters. The molecule has 0 bridgehead atoms. The minimum absolute atomic E-state index is 0.203. The van der Waals surface area contributed by atoms with Crippen LogP contribution in [0.1, 0.15) is 21.6 Å². The van der Waals surface area contributed by atoms with Crippen molar-refractivity contribution in [2.24, 2.45) is 7.05 Å². The molecular weight excluding hydrogens is 429 g/mol. The number of carbonyl (C=O) groups excluding carboxylic acids is 1. The predicted molar refractivity (Wildman–Crippen MR) is 115 cm³/mol. The fraction of sp³-hybridized carbons (Fsp3) is 0.250. The Morgan fingerprint density at radius 1 is 1.13 bits per heavy atom. The van der Waals surface area contributed by atoms with E-state index in [0.717, 1.165) is 11.1 Å². The maximum atomic E-state index is 13.7. The summed E-state index contributed by atoms with van der Waals surface area (Å²) in [6.07, 6.45) is -0.339. The Morgan fingerprint density at radius 2 is 1.87 bits per heavy atom. The SMILES string of the molecule is CNC(=O)c1ccc(SC)cc1Nc1cc(Nc2cn(C)nc2C)ncc1C(F)(F)F. The minimum Gasteiger partial charge on any atom is -0.355 e. The number of alkyl halides is 3. The highest BCUT2D eigenvalue weighted by atomic mass is 32.2. The summed E-state index contributed by atoms with van der Waals surface area (Å²) >= 11 is 1.41. The van der Waals surface area contributed by atoms with Gasteiger partial charge in [-0.25, -0.2) is 4.98 Å². The first kappa shape index (κ1) is 22.5. The van der Waals surface area contributed by atoms with Crippen molar-refractivity contribution in [3.05, 3.63) is 53.5 Å². The lowest BCUT2D eigenvalue weighted by atomic mass is 10.1. The number of pyridine rings is 1. The van der Waals surface area contributed by atoms with Crippen molar-refractivity contribution < 1.29 is 18.0 Å². The molecule has 7 nitrogen and oxygen atoms in total.